The highest BCUT2D eigenvalue weighted by Crippen LogP contribution is 2.38. The molecule has 0 bridgehead atoms. The average molecular weight is 571 g/mol. The number of nitrogens with zero attached hydrogens (tertiary/aromatic N) is 2. The molecule has 0 amide bonds. The number of methoxy groups -OCH3 is 5. The zero-order chi connectivity index (χ0) is 30.2. The van der Waals surface area contributed by atoms with Crippen LogP contribution in [0.25, 0.3) is 0 Å². The molecular weight excluding hydrogens is 536 g/mol. The molecule has 4 rings (SSSR count). The van der Waals surface area contributed by atoms with E-state index in [1.54, 1.807) is 17.0 Å². The van der Waals surface area contributed by atoms with Crippen molar-refractivity contribution in [2.24, 2.45) is 0 Å². The fraction of sp³-hybridized carbons (Fsp3) is 0.212. The van der Waals surface area contributed by atoms with E-state index in [2.05, 4.69) is 0 Å². The van der Waals surface area contributed by atoms with Crippen LogP contribution < -0.4 is 24.0 Å². The third kappa shape index (κ3) is 6.07. The standard InChI is InChI=1S/C33H34N2O7/c1-34(22-13-9-7-10-14-22)27-18-17-24(35(33(41-5)42-6)23-15-11-8-12-16-23)19-26(27)31(36)32(37)30-28(39-3)20-25(38-2)21-29(30)40-4/h7-21,33H,1-6H3. The van der Waals surface area contributed by atoms with Crippen LogP contribution in [0.4, 0.5) is 22.7 Å². The maximum atomic E-state index is 14.2. The normalized spacial score (nSPS) is 10.7. The molecule has 0 fully saturated rings. The summed E-state index contributed by atoms with van der Waals surface area (Å²) in [7, 11) is 9.21. The molecule has 0 saturated heterocycles. The number of Topliss-reactive ketones (excluding diaryl/α,β-unsaturated/α-hetero) is 2. The summed E-state index contributed by atoms with van der Waals surface area (Å²) in [5, 5.41) is 0. The van der Waals surface area contributed by atoms with Gasteiger partial charge in [-0.2, -0.15) is 0 Å². The predicted molar refractivity (Wildman–Crippen MR) is 162 cm³/mol. The van der Waals surface area contributed by atoms with Crippen molar-refractivity contribution in [2.45, 2.75) is 6.41 Å². The molecule has 0 aliphatic carbocycles. The second-order valence-electron chi connectivity index (χ2n) is 9.15. The lowest BCUT2D eigenvalue weighted by molar-refractivity contribution is -0.0956. The Morgan fingerprint density at radius 3 is 1.67 bits per heavy atom. The van der Waals surface area contributed by atoms with Crippen LogP contribution in [0.15, 0.2) is 91.0 Å². The second-order valence-corrected chi connectivity index (χ2v) is 9.15. The minimum atomic E-state index is -0.814. The average Bonchev–Trinajstić information content (AvgIpc) is 3.05. The number of carbonyl (C=O) groups is 2. The van der Waals surface area contributed by atoms with Gasteiger partial charge in [0.05, 0.1) is 32.6 Å². The highest BCUT2D eigenvalue weighted by Gasteiger charge is 2.31. The number of benzene rings is 4. The summed E-state index contributed by atoms with van der Waals surface area (Å²) in [5.74, 6) is -0.821. The smallest absolute Gasteiger partial charge is 0.244 e. The minimum absolute atomic E-state index is 0.00362. The number of carbonyl (C=O) groups excluding carboxylic acids is 2. The van der Waals surface area contributed by atoms with Gasteiger partial charge < -0.3 is 28.6 Å². The molecule has 0 aliphatic heterocycles. The molecule has 0 atom stereocenters. The van der Waals surface area contributed by atoms with Crippen molar-refractivity contribution in [1.82, 2.24) is 0 Å². The molecule has 0 heterocycles. The molecule has 0 aliphatic rings. The predicted octanol–water partition coefficient (Wildman–Crippen LogP) is 6.26. The molecule has 4 aromatic carbocycles. The maximum absolute atomic E-state index is 14.2. The number of ether oxygens (including phenoxy) is 5. The first kappa shape index (κ1) is 30.1. The summed E-state index contributed by atoms with van der Waals surface area (Å²) in [6.45, 7) is 0. The van der Waals surface area contributed by atoms with Crippen molar-refractivity contribution in [1.29, 1.82) is 0 Å². The van der Waals surface area contributed by atoms with Crippen LogP contribution in [0.5, 0.6) is 17.2 Å². The van der Waals surface area contributed by atoms with E-state index in [0.29, 0.717) is 17.1 Å². The monoisotopic (exact) mass is 570 g/mol. The molecule has 0 spiro atoms. The molecule has 218 valence electrons. The highest BCUT2D eigenvalue weighted by atomic mass is 16.7. The van der Waals surface area contributed by atoms with Gasteiger partial charge in [-0.25, -0.2) is 0 Å². The lowest BCUT2D eigenvalue weighted by atomic mass is 9.97. The van der Waals surface area contributed by atoms with Gasteiger partial charge in [0.2, 0.25) is 18.0 Å². The lowest BCUT2D eigenvalue weighted by Crippen LogP contribution is -2.34. The van der Waals surface area contributed by atoms with Crippen LogP contribution in [-0.4, -0.2) is 60.6 Å². The molecule has 9 nitrogen and oxygen atoms in total. The molecular formula is C33H34N2O7. The number of rotatable bonds is 13. The van der Waals surface area contributed by atoms with Crippen LogP contribution in [0.2, 0.25) is 0 Å². The Labute approximate surface area is 245 Å². The molecule has 0 radical (unpaired) electrons. The Hall–Kier alpha value is -4.86. The highest BCUT2D eigenvalue weighted by molar-refractivity contribution is 6.51. The first-order valence-corrected chi connectivity index (χ1v) is 13.1. The minimum Gasteiger partial charge on any atom is -0.496 e. The van der Waals surface area contributed by atoms with E-state index in [0.717, 1.165) is 11.4 Å². The van der Waals surface area contributed by atoms with E-state index in [1.165, 1.54) is 47.7 Å². The molecule has 42 heavy (non-hydrogen) atoms. The number of anilines is 4. The first-order chi connectivity index (χ1) is 20.4. The van der Waals surface area contributed by atoms with Gasteiger partial charge in [-0.05, 0) is 42.5 Å². The van der Waals surface area contributed by atoms with Crippen molar-refractivity contribution in [3.8, 4) is 17.2 Å². The van der Waals surface area contributed by atoms with Crippen LogP contribution in [-0.2, 0) is 9.47 Å². The molecule has 0 saturated carbocycles. The third-order valence-corrected chi connectivity index (χ3v) is 6.80. The summed E-state index contributed by atoms with van der Waals surface area (Å²) in [6.07, 6.45) is -0.814. The maximum Gasteiger partial charge on any atom is 0.244 e. The van der Waals surface area contributed by atoms with Crippen molar-refractivity contribution < 1.29 is 33.3 Å². The topological polar surface area (TPSA) is 86.8 Å². The largest absolute Gasteiger partial charge is 0.496 e. The zero-order valence-corrected chi connectivity index (χ0v) is 24.5. The summed E-state index contributed by atoms with van der Waals surface area (Å²) in [4.78, 5) is 31.8. The van der Waals surface area contributed by atoms with Crippen LogP contribution >= 0.6 is 0 Å². The van der Waals surface area contributed by atoms with Crippen molar-refractivity contribution in [3.63, 3.8) is 0 Å². The number of para-hydroxylation sites is 2. The second kappa shape index (κ2) is 13.7. The fourth-order valence-corrected chi connectivity index (χ4v) is 4.69. The van der Waals surface area contributed by atoms with E-state index >= 15 is 0 Å². The van der Waals surface area contributed by atoms with Crippen molar-refractivity contribution >= 4 is 34.3 Å². The molecule has 4 aromatic rings. The van der Waals surface area contributed by atoms with Crippen molar-refractivity contribution in [2.75, 3.05) is 52.4 Å². The first-order valence-electron chi connectivity index (χ1n) is 13.1. The number of hydrogen-bond acceptors (Lipinski definition) is 9. The Kier molecular flexibility index (Phi) is 9.80. The summed E-state index contributed by atoms with van der Waals surface area (Å²) >= 11 is 0. The van der Waals surface area contributed by atoms with Gasteiger partial charge in [-0.1, -0.05) is 36.4 Å². The Morgan fingerprint density at radius 1 is 0.619 bits per heavy atom. The van der Waals surface area contributed by atoms with Crippen molar-refractivity contribution in [3.05, 3.63) is 102 Å². The molecule has 9 heteroatoms. The van der Waals surface area contributed by atoms with E-state index < -0.39 is 18.0 Å². The van der Waals surface area contributed by atoms with Gasteiger partial charge >= 0.3 is 0 Å². The third-order valence-electron chi connectivity index (χ3n) is 6.80. The molecule has 0 aromatic heterocycles. The van der Waals surface area contributed by atoms with Gasteiger partial charge in [0.25, 0.3) is 0 Å². The Bertz CT molecular complexity index is 1500. The summed E-state index contributed by atoms with van der Waals surface area (Å²) in [6, 6.07) is 27.4. The summed E-state index contributed by atoms with van der Waals surface area (Å²) < 4.78 is 27.5. The Morgan fingerprint density at radius 2 is 1.17 bits per heavy atom. The Balaban J connectivity index is 1.92. The van der Waals surface area contributed by atoms with Gasteiger partial charge in [0, 0.05) is 50.5 Å². The van der Waals surface area contributed by atoms with Crippen LogP contribution in [0, 0.1) is 0 Å². The van der Waals surface area contributed by atoms with Gasteiger partial charge in [0.1, 0.15) is 22.8 Å². The fourth-order valence-electron chi connectivity index (χ4n) is 4.69. The number of ketones is 2. The van der Waals surface area contributed by atoms with Gasteiger partial charge in [-0.15, -0.1) is 0 Å². The SMILES string of the molecule is COc1cc(OC)c(C(=O)C(=O)c2cc(N(c3ccccc3)C(OC)OC)ccc2N(C)c2ccccc2)c(OC)c1. The van der Waals surface area contributed by atoms with E-state index in [4.69, 9.17) is 23.7 Å². The van der Waals surface area contributed by atoms with Gasteiger partial charge in [0.15, 0.2) is 0 Å². The van der Waals surface area contributed by atoms with E-state index in [9.17, 15) is 9.59 Å². The number of hydrogen-bond donors (Lipinski definition) is 0. The quantitative estimate of drug-likeness (QED) is 0.105. The summed E-state index contributed by atoms with van der Waals surface area (Å²) in [5.41, 5.74) is 2.85. The van der Waals surface area contributed by atoms with Gasteiger partial charge in [-0.3, -0.25) is 14.5 Å². The van der Waals surface area contributed by atoms with E-state index in [1.807, 2.05) is 78.7 Å². The zero-order valence-electron chi connectivity index (χ0n) is 24.5. The molecule has 0 unspecified atom stereocenters. The van der Waals surface area contributed by atoms with E-state index in [-0.39, 0.29) is 22.6 Å². The lowest BCUT2D eigenvalue weighted by Gasteiger charge is -2.32. The van der Waals surface area contributed by atoms with Crippen LogP contribution in [0.3, 0.4) is 0 Å². The van der Waals surface area contributed by atoms with Crippen LogP contribution in [0.1, 0.15) is 20.7 Å². The molecule has 0 N–H and O–H groups in total.